The highest BCUT2D eigenvalue weighted by atomic mass is 32.2. The second-order valence-electron chi connectivity index (χ2n) is 5.23. The van der Waals surface area contributed by atoms with Crippen molar-refractivity contribution >= 4 is 27.6 Å². The van der Waals surface area contributed by atoms with Gasteiger partial charge in [-0.05, 0) is 36.8 Å². The number of rotatable bonds is 4. The molecule has 0 spiro atoms. The smallest absolute Gasteiger partial charge is 0.314 e. The maximum absolute atomic E-state index is 11.7. The average Bonchev–Trinajstić information content (AvgIpc) is 2.87. The van der Waals surface area contributed by atoms with Crippen LogP contribution in [0.3, 0.4) is 0 Å². The summed E-state index contributed by atoms with van der Waals surface area (Å²) in [4.78, 5) is 12.6. The molecule has 0 aliphatic heterocycles. The van der Waals surface area contributed by atoms with Gasteiger partial charge in [0.25, 0.3) is 0 Å². The number of benzene rings is 1. The van der Waals surface area contributed by atoms with E-state index >= 15 is 0 Å². The molecule has 1 aliphatic carbocycles. The molecule has 0 bridgehead atoms. The summed E-state index contributed by atoms with van der Waals surface area (Å²) >= 11 is 1.33. The first-order valence-corrected chi connectivity index (χ1v) is 9.55. The zero-order valence-corrected chi connectivity index (χ0v) is 13.2. The minimum Gasteiger partial charge on any atom is -0.481 e. The lowest BCUT2D eigenvalue weighted by atomic mass is 9.79. The summed E-state index contributed by atoms with van der Waals surface area (Å²) in [6, 6.07) is 4.94. The second kappa shape index (κ2) is 5.41. The highest BCUT2D eigenvalue weighted by Crippen LogP contribution is 2.43. The fourth-order valence-corrected chi connectivity index (χ4v) is 4.83. The minimum atomic E-state index is -3.29. The molecule has 0 amide bonds. The van der Waals surface area contributed by atoms with Gasteiger partial charge in [0.15, 0.2) is 9.84 Å². The molecule has 0 heterocycles. The summed E-state index contributed by atoms with van der Waals surface area (Å²) in [5.74, 6) is -0.811. The minimum absolute atomic E-state index is 0.271. The van der Waals surface area contributed by atoms with Crippen LogP contribution in [0.15, 0.2) is 28.0 Å². The molecule has 1 aromatic carbocycles. The van der Waals surface area contributed by atoms with Crippen molar-refractivity contribution in [2.45, 2.75) is 40.9 Å². The van der Waals surface area contributed by atoms with Crippen LogP contribution >= 0.6 is 11.8 Å². The summed E-state index contributed by atoms with van der Waals surface area (Å²) < 4.78 is 23.5. The summed E-state index contributed by atoms with van der Waals surface area (Å²) in [6.07, 6.45) is 6.01. The van der Waals surface area contributed by atoms with E-state index in [1.165, 1.54) is 18.0 Å². The molecule has 6 heteroatoms. The number of carboxylic acid groups (broad SMARTS) is 1. The number of sulfone groups is 1. The van der Waals surface area contributed by atoms with Gasteiger partial charge in [0, 0.05) is 11.2 Å². The van der Waals surface area contributed by atoms with Crippen LogP contribution in [-0.4, -0.2) is 32.0 Å². The first kappa shape index (κ1) is 15.4. The molecular formula is C14H18O4S2. The Labute approximate surface area is 123 Å². The van der Waals surface area contributed by atoms with Crippen LogP contribution in [0.2, 0.25) is 0 Å². The molecule has 0 radical (unpaired) electrons. The summed E-state index contributed by atoms with van der Waals surface area (Å²) in [5, 5.41) is 9.58. The second-order valence-corrected chi connectivity index (χ2v) is 8.06. The van der Waals surface area contributed by atoms with E-state index in [-0.39, 0.29) is 4.90 Å². The maximum atomic E-state index is 11.7. The Bertz CT molecular complexity index is 629. The van der Waals surface area contributed by atoms with Gasteiger partial charge in [-0.2, -0.15) is 0 Å². The Balaban J connectivity index is 2.57. The monoisotopic (exact) mass is 314 g/mol. The third kappa shape index (κ3) is 2.59. The van der Waals surface area contributed by atoms with E-state index in [1.54, 1.807) is 24.5 Å². The third-order valence-corrected chi connectivity index (χ3v) is 6.04. The Morgan fingerprint density at radius 3 is 2.35 bits per heavy atom. The van der Waals surface area contributed by atoms with E-state index in [4.69, 9.17) is 0 Å². The van der Waals surface area contributed by atoms with Gasteiger partial charge in [-0.1, -0.05) is 18.9 Å². The summed E-state index contributed by atoms with van der Waals surface area (Å²) in [7, 11) is -3.29. The fraction of sp³-hybridized carbons (Fsp3) is 0.500. The van der Waals surface area contributed by atoms with Gasteiger partial charge in [-0.15, -0.1) is 11.8 Å². The predicted molar refractivity (Wildman–Crippen MR) is 79.1 cm³/mol. The van der Waals surface area contributed by atoms with Gasteiger partial charge < -0.3 is 5.11 Å². The van der Waals surface area contributed by atoms with E-state index in [0.717, 1.165) is 18.4 Å². The third-order valence-electron chi connectivity index (χ3n) is 3.98. The molecule has 20 heavy (non-hydrogen) atoms. The van der Waals surface area contributed by atoms with Crippen LogP contribution in [0.5, 0.6) is 0 Å². The number of hydrogen-bond donors (Lipinski definition) is 1. The van der Waals surface area contributed by atoms with Crippen molar-refractivity contribution in [2.24, 2.45) is 0 Å². The molecule has 1 N–H and O–H groups in total. The quantitative estimate of drug-likeness (QED) is 0.865. The standard InChI is InChI=1S/C14H18O4S2/c1-19-11-9-10(5-6-12(11)20(2,17)18)14(13(15)16)7-3-4-8-14/h5-6,9H,3-4,7-8H2,1-2H3,(H,15,16). The van der Waals surface area contributed by atoms with Gasteiger partial charge in [0.05, 0.1) is 10.3 Å². The summed E-state index contributed by atoms with van der Waals surface area (Å²) in [6.45, 7) is 0. The Morgan fingerprint density at radius 1 is 1.30 bits per heavy atom. The van der Waals surface area contributed by atoms with Crippen LogP contribution in [0.1, 0.15) is 31.2 Å². The number of aliphatic carboxylic acids is 1. The van der Waals surface area contributed by atoms with E-state index in [1.807, 2.05) is 0 Å². The maximum Gasteiger partial charge on any atom is 0.314 e. The molecule has 1 aromatic rings. The average molecular weight is 314 g/mol. The van der Waals surface area contributed by atoms with Gasteiger partial charge in [-0.3, -0.25) is 4.79 Å². The van der Waals surface area contributed by atoms with Crippen LogP contribution in [0.25, 0.3) is 0 Å². The molecule has 1 aliphatic rings. The van der Waals surface area contributed by atoms with Gasteiger partial charge in [-0.25, -0.2) is 8.42 Å². The highest BCUT2D eigenvalue weighted by Gasteiger charge is 2.43. The predicted octanol–water partition coefficient (Wildman–Crippen LogP) is 2.71. The molecular weight excluding hydrogens is 296 g/mol. The molecule has 0 atom stereocenters. The largest absolute Gasteiger partial charge is 0.481 e. The van der Waals surface area contributed by atoms with Crippen molar-refractivity contribution in [2.75, 3.05) is 12.5 Å². The molecule has 0 saturated heterocycles. The van der Waals surface area contributed by atoms with Crippen molar-refractivity contribution in [3.05, 3.63) is 23.8 Å². The van der Waals surface area contributed by atoms with E-state index in [2.05, 4.69) is 0 Å². The Kier molecular flexibility index (Phi) is 4.16. The van der Waals surface area contributed by atoms with E-state index < -0.39 is 21.2 Å². The highest BCUT2D eigenvalue weighted by molar-refractivity contribution is 7.99. The van der Waals surface area contributed by atoms with Crippen LogP contribution in [0.4, 0.5) is 0 Å². The van der Waals surface area contributed by atoms with Crippen molar-refractivity contribution < 1.29 is 18.3 Å². The first-order chi connectivity index (χ1) is 9.31. The van der Waals surface area contributed by atoms with Crippen LogP contribution in [-0.2, 0) is 20.0 Å². The molecule has 0 unspecified atom stereocenters. The van der Waals surface area contributed by atoms with Gasteiger partial charge in [0.2, 0.25) is 0 Å². The molecule has 1 fully saturated rings. The van der Waals surface area contributed by atoms with E-state index in [9.17, 15) is 18.3 Å². The van der Waals surface area contributed by atoms with Crippen molar-refractivity contribution in [3.8, 4) is 0 Å². The zero-order valence-electron chi connectivity index (χ0n) is 11.5. The SMILES string of the molecule is CSc1cc(C2(C(=O)O)CCCC2)ccc1S(C)(=O)=O. The topological polar surface area (TPSA) is 71.4 Å². The van der Waals surface area contributed by atoms with Crippen LogP contribution in [0, 0.1) is 0 Å². The Morgan fingerprint density at radius 2 is 1.90 bits per heavy atom. The van der Waals surface area contributed by atoms with Crippen molar-refractivity contribution in [1.29, 1.82) is 0 Å². The molecule has 1 saturated carbocycles. The lowest BCUT2D eigenvalue weighted by molar-refractivity contribution is -0.143. The normalized spacial score (nSPS) is 18.1. The number of carbonyl (C=O) groups is 1. The number of hydrogen-bond acceptors (Lipinski definition) is 4. The van der Waals surface area contributed by atoms with E-state index in [0.29, 0.717) is 17.7 Å². The Hall–Kier alpha value is -1.01. The van der Waals surface area contributed by atoms with Crippen molar-refractivity contribution in [3.63, 3.8) is 0 Å². The fourth-order valence-electron chi connectivity index (χ4n) is 2.88. The summed E-state index contributed by atoms with van der Waals surface area (Å²) in [5.41, 5.74) is -0.125. The molecule has 0 aromatic heterocycles. The molecule has 2 rings (SSSR count). The number of thioether (sulfide) groups is 1. The number of carboxylic acids is 1. The molecule has 4 nitrogen and oxygen atoms in total. The molecule has 110 valence electrons. The zero-order chi connectivity index (χ0) is 15.0. The lowest BCUT2D eigenvalue weighted by Crippen LogP contribution is -2.32. The van der Waals surface area contributed by atoms with Gasteiger partial charge in [0.1, 0.15) is 0 Å². The first-order valence-electron chi connectivity index (χ1n) is 6.43. The lowest BCUT2D eigenvalue weighted by Gasteiger charge is -2.25. The van der Waals surface area contributed by atoms with Crippen LogP contribution < -0.4 is 0 Å². The van der Waals surface area contributed by atoms with Crippen molar-refractivity contribution in [1.82, 2.24) is 0 Å². The van der Waals surface area contributed by atoms with Gasteiger partial charge >= 0.3 is 5.97 Å².